The van der Waals surface area contributed by atoms with Crippen LogP contribution in [0.25, 0.3) is 0 Å². The van der Waals surface area contributed by atoms with E-state index in [0.717, 1.165) is 23.7 Å². The van der Waals surface area contributed by atoms with Crippen molar-refractivity contribution >= 4 is 34.7 Å². The van der Waals surface area contributed by atoms with Gasteiger partial charge in [0, 0.05) is 12.1 Å². The number of nitrogens with one attached hydrogen (secondary N) is 4. The fourth-order valence-corrected chi connectivity index (χ4v) is 5.77. The van der Waals surface area contributed by atoms with Crippen LogP contribution in [0.3, 0.4) is 0 Å². The maximum Gasteiger partial charge on any atom is 0.185 e. The van der Waals surface area contributed by atoms with Gasteiger partial charge in [-0.2, -0.15) is 0 Å². The van der Waals surface area contributed by atoms with E-state index >= 15 is 0 Å². The molecule has 0 aromatic heterocycles. The lowest BCUT2D eigenvalue weighted by molar-refractivity contribution is 0.385. The molecule has 4 bridgehead atoms. The first-order valence-electron chi connectivity index (χ1n) is 8.80. The summed E-state index contributed by atoms with van der Waals surface area (Å²) in [6.07, 6.45) is 10.9. The van der Waals surface area contributed by atoms with Crippen LogP contribution in [0.4, 0.5) is 0 Å². The second-order valence-electron chi connectivity index (χ2n) is 7.76. The summed E-state index contributed by atoms with van der Waals surface area (Å²) < 4.78 is 0. The molecule has 6 unspecified atom stereocenters. The second kappa shape index (κ2) is 6.11. The normalized spacial score (nSPS) is 41.5. The van der Waals surface area contributed by atoms with E-state index in [2.05, 4.69) is 21.5 Å². The minimum absolute atomic E-state index is 0.563. The van der Waals surface area contributed by atoms with Gasteiger partial charge < -0.3 is 10.6 Å². The zero-order valence-corrected chi connectivity index (χ0v) is 14.6. The molecule has 4 aliphatic carbocycles. The summed E-state index contributed by atoms with van der Waals surface area (Å²) in [6.45, 7) is 0. The molecular formula is C16H26N4S2. The molecule has 4 saturated carbocycles. The Morgan fingerprint density at radius 2 is 1.09 bits per heavy atom. The maximum absolute atomic E-state index is 5.39. The fourth-order valence-electron chi connectivity index (χ4n) is 5.37. The van der Waals surface area contributed by atoms with Crippen LogP contribution >= 0.6 is 24.4 Å². The van der Waals surface area contributed by atoms with Crippen molar-refractivity contribution in [1.29, 1.82) is 0 Å². The minimum Gasteiger partial charge on any atom is -0.358 e. The maximum atomic E-state index is 5.39. The van der Waals surface area contributed by atoms with Crippen LogP contribution in [0.15, 0.2) is 0 Å². The molecule has 22 heavy (non-hydrogen) atoms. The number of hydrogen-bond acceptors (Lipinski definition) is 2. The van der Waals surface area contributed by atoms with Crippen molar-refractivity contribution in [2.75, 3.05) is 0 Å². The molecular weight excluding hydrogens is 312 g/mol. The Morgan fingerprint density at radius 3 is 1.41 bits per heavy atom. The highest BCUT2D eigenvalue weighted by Crippen LogP contribution is 2.45. The summed E-state index contributed by atoms with van der Waals surface area (Å²) in [5, 5.41) is 8.26. The van der Waals surface area contributed by atoms with Gasteiger partial charge in [-0.15, -0.1) is 0 Å². The number of hydrazine groups is 1. The van der Waals surface area contributed by atoms with Crippen LogP contribution in [0.5, 0.6) is 0 Å². The Kier molecular flexibility index (Phi) is 4.15. The number of rotatable bonds is 2. The molecule has 0 amide bonds. The summed E-state index contributed by atoms with van der Waals surface area (Å²) in [5.74, 6) is 3.50. The van der Waals surface area contributed by atoms with Gasteiger partial charge in [-0.05, 0) is 86.6 Å². The lowest BCUT2D eigenvalue weighted by Gasteiger charge is -2.26. The number of thiocarbonyl (C=S) groups is 2. The zero-order chi connectivity index (χ0) is 15.1. The van der Waals surface area contributed by atoms with E-state index < -0.39 is 0 Å². The average Bonchev–Trinajstić information content (AvgIpc) is 3.25. The van der Waals surface area contributed by atoms with Gasteiger partial charge in [-0.3, -0.25) is 10.9 Å². The molecule has 4 rings (SSSR count). The third-order valence-corrected chi connectivity index (χ3v) is 6.84. The van der Waals surface area contributed by atoms with E-state index in [0.29, 0.717) is 22.3 Å². The molecule has 4 fully saturated rings. The first-order chi connectivity index (χ1) is 10.7. The molecule has 0 spiro atoms. The molecule has 0 aromatic rings. The van der Waals surface area contributed by atoms with Crippen LogP contribution in [-0.2, 0) is 0 Å². The van der Waals surface area contributed by atoms with Gasteiger partial charge in [-0.25, -0.2) is 0 Å². The van der Waals surface area contributed by atoms with E-state index in [9.17, 15) is 0 Å². The zero-order valence-electron chi connectivity index (χ0n) is 12.9. The fraction of sp³-hybridized carbons (Fsp3) is 0.875. The SMILES string of the molecule is S=C(NNC(=S)NC1CC2CCC1C2)NC1CC2CCC1C2. The predicted octanol–water partition coefficient (Wildman–Crippen LogP) is 2.21. The van der Waals surface area contributed by atoms with E-state index in [1.807, 2.05) is 0 Å². The number of fused-ring (bicyclic) bond motifs is 4. The van der Waals surface area contributed by atoms with Crippen molar-refractivity contribution in [2.45, 2.75) is 63.5 Å². The Morgan fingerprint density at radius 1 is 0.636 bits per heavy atom. The Bertz CT molecular complexity index is 427. The van der Waals surface area contributed by atoms with Crippen molar-refractivity contribution < 1.29 is 0 Å². The van der Waals surface area contributed by atoms with Crippen LogP contribution < -0.4 is 21.5 Å². The first-order valence-corrected chi connectivity index (χ1v) is 9.62. The third kappa shape index (κ3) is 3.04. The van der Waals surface area contributed by atoms with E-state index in [1.165, 1.54) is 51.4 Å². The first kappa shape index (κ1) is 14.9. The third-order valence-electron chi connectivity index (χ3n) is 6.40. The van der Waals surface area contributed by atoms with Gasteiger partial charge in [-0.1, -0.05) is 12.8 Å². The number of hydrogen-bond donors (Lipinski definition) is 4. The molecule has 0 heterocycles. The Balaban J connectivity index is 1.16. The molecule has 0 saturated heterocycles. The van der Waals surface area contributed by atoms with Gasteiger partial charge in [0.2, 0.25) is 0 Å². The van der Waals surface area contributed by atoms with Crippen molar-refractivity contribution in [3.63, 3.8) is 0 Å². The average molecular weight is 339 g/mol. The van der Waals surface area contributed by atoms with Crippen LogP contribution in [0.2, 0.25) is 0 Å². The molecule has 4 nitrogen and oxygen atoms in total. The molecule has 122 valence electrons. The summed E-state index contributed by atoms with van der Waals surface area (Å²) in [6, 6.07) is 1.13. The monoisotopic (exact) mass is 338 g/mol. The smallest absolute Gasteiger partial charge is 0.185 e. The summed E-state index contributed by atoms with van der Waals surface area (Å²) >= 11 is 10.8. The highest BCUT2D eigenvalue weighted by molar-refractivity contribution is 7.80. The van der Waals surface area contributed by atoms with Gasteiger partial charge in [0.05, 0.1) is 0 Å². The second-order valence-corrected chi connectivity index (χ2v) is 8.58. The molecule has 0 radical (unpaired) electrons. The van der Waals surface area contributed by atoms with Gasteiger partial charge in [0.1, 0.15) is 0 Å². The highest BCUT2D eigenvalue weighted by atomic mass is 32.1. The molecule has 4 aliphatic rings. The lowest BCUT2D eigenvalue weighted by Crippen LogP contribution is -2.54. The van der Waals surface area contributed by atoms with Crippen molar-refractivity contribution in [1.82, 2.24) is 21.5 Å². The predicted molar refractivity (Wildman–Crippen MR) is 96.2 cm³/mol. The Hall–Kier alpha value is -0.620. The van der Waals surface area contributed by atoms with Crippen LogP contribution in [-0.4, -0.2) is 22.3 Å². The quantitative estimate of drug-likeness (QED) is 0.457. The van der Waals surface area contributed by atoms with Crippen molar-refractivity contribution in [3.8, 4) is 0 Å². The van der Waals surface area contributed by atoms with E-state index in [1.54, 1.807) is 0 Å². The highest BCUT2D eigenvalue weighted by Gasteiger charge is 2.40. The van der Waals surface area contributed by atoms with Crippen molar-refractivity contribution in [3.05, 3.63) is 0 Å². The van der Waals surface area contributed by atoms with Crippen LogP contribution in [0.1, 0.15) is 51.4 Å². The Labute approximate surface area is 143 Å². The molecule has 6 heteroatoms. The molecule has 0 aromatic carbocycles. The van der Waals surface area contributed by atoms with E-state index in [4.69, 9.17) is 24.4 Å². The van der Waals surface area contributed by atoms with Crippen LogP contribution in [0, 0.1) is 23.7 Å². The van der Waals surface area contributed by atoms with E-state index in [-0.39, 0.29) is 0 Å². The summed E-state index contributed by atoms with van der Waals surface area (Å²) in [7, 11) is 0. The summed E-state index contributed by atoms with van der Waals surface area (Å²) in [4.78, 5) is 0. The topological polar surface area (TPSA) is 48.1 Å². The van der Waals surface area contributed by atoms with Gasteiger partial charge >= 0.3 is 0 Å². The molecule has 6 atom stereocenters. The lowest BCUT2D eigenvalue weighted by atomic mass is 9.95. The standard InChI is InChI=1S/C16H26N4S2/c21-15(17-13-7-9-1-3-11(13)5-9)19-20-16(22)18-14-8-10-2-4-12(14)6-10/h9-14H,1-8H2,(H2,17,19,21)(H2,18,20,22). The minimum atomic E-state index is 0.563. The van der Waals surface area contributed by atoms with Gasteiger partial charge in [0.25, 0.3) is 0 Å². The molecule has 4 N–H and O–H groups in total. The largest absolute Gasteiger partial charge is 0.358 e. The van der Waals surface area contributed by atoms with Gasteiger partial charge in [0.15, 0.2) is 10.2 Å². The summed E-state index contributed by atoms with van der Waals surface area (Å²) in [5.41, 5.74) is 6.11. The molecule has 0 aliphatic heterocycles. The van der Waals surface area contributed by atoms with Crippen molar-refractivity contribution in [2.24, 2.45) is 23.7 Å².